The second-order valence-electron chi connectivity index (χ2n) is 8.23. The number of aryl methyl sites for hydroxylation is 3. The van der Waals surface area contributed by atoms with Gasteiger partial charge in [-0.3, -0.25) is 14.4 Å². The molecular weight excluding hydrogens is 444 g/mol. The summed E-state index contributed by atoms with van der Waals surface area (Å²) in [7, 11) is 1.55. The van der Waals surface area contributed by atoms with Gasteiger partial charge in [0.2, 0.25) is 0 Å². The fraction of sp³-hybridized carbons (Fsp3) is 0.357. The van der Waals surface area contributed by atoms with E-state index in [0.29, 0.717) is 19.6 Å². The minimum Gasteiger partial charge on any atom is -0.466 e. The lowest BCUT2D eigenvalue weighted by Gasteiger charge is -2.07. The highest BCUT2D eigenvalue weighted by Crippen LogP contribution is 2.08. The van der Waals surface area contributed by atoms with Crippen molar-refractivity contribution in [1.82, 2.24) is 9.78 Å². The first-order valence-corrected chi connectivity index (χ1v) is 11.6. The maximum atomic E-state index is 11.7. The maximum Gasteiger partial charge on any atom is 0.310 e. The molecule has 0 atom stereocenters. The first kappa shape index (κ1) is 27.7. The highest BCUT2D eigenvalue weighted by atomic mass is 16.5. The Hall–Kier alpha value is -3.58. The highest BCUT2D eigenvalue weighted by molar-refractivity contribution is 5.79. The third-order valence-corrected chi connectivity index (χ3v) is 5.06. The van der Waals surface area contributed by atoms with Crippen LogP contribution in [0.1, 0.15) is 41.3 Å². The van der Waals surface area contributed by atoms with Crippen molar-refractivity contribution in [3.63, 3.8) is 0 Å². The second-order valence-corrected chi connectivity index (χ2v) is 8.23. The Morgan fingerprint density at radius 1 is 0.943 bits per heavy atom. The van der Waals surface area contributed by atoms with E-state index in [2.05, 4.69) is 24.2 Å². The van der Waals surface area contributed by atoms with E-state index in [1.165, 1.54) is 21.9 Å². The Morgan fingerprint density at radius 3 is 2.37 bits per heavy atom. The third-order valence-electron chi connectivity index (χ3n) is 5.06. The Balaban J connectivity index is 0.000000269. The quantitative estimate of drug-likeness (QED) is 0.412. The Bertz CT molecular complexity index is 1170. The number of ketones is 1. The van der Waals surface area contributed by atoms with E-state index in [-0.39, 0.29) is 30.3 Å². The molecule has 3 rings (SSSR count). The van der Waals surface area contributed by atoms with Crippen LogP contribution in [-0.4, -0.2) is 41.9 Å². The zero-order valence-electron chi connectivity index (χ0n) is 21.0. The zero-order chi connectivity index (χ0) is 25.6. The minimum absolute atomic E-state index is 0.142. The van der Waals surface area contributed by atoms with E-state index in [9.17, 15) is 14.4 Å². The van der Waals surface area contributed by atoms with E-state index < -0.39 is 0 Å². The predicted molar refractivity (Wildman–Crippen MR) is 135 cm³/mol. The van der Waals surface area contributed by atoms with Gasteiger partial charge in [-0.1, -0.05) is 54.1 Å². The van der Waals surface area contributed by atoms with E-state index in [1.807, 2.05) is 43.3 Å². The first-order valence-electron chi connectivity index (χ1n) is 11.6. The summed E-state index contributed by atoms with van der Waals surface area (Å²) >= 11 is 0. The molecular formula is C28H34N2O5. The standard InChI is InChI=1S/C16H18N2O3.C12H16O2/c1-3-21-16(20)10-13-5-4-6-14(9-13)11-18-15(19)8-7-12(2)17-18;1-10-4-3-5-11(8-10)6-7-12(13)9-14-2/h4-9H,3,10-11H2,1-2H3;3-5,8H,6-7,9H2,1-2H3. The number of Topliss-reactive ketones (excluding diaryl/α,β-unsaturated/α-hetero) is 1. The van der Waals surface area contributed by atoms with Crippen LogP contribution in [0, 0.1) is 13.8 Å². The summed E-state index contributed by atoms with van der Waals surface area (Å²) in [6.07, 6.45) is 1.61. The van der Waals surface area contributed by atoms with Crippen molar-refractivity contribution in [2.75, 3.05) is 20.3 Å². The molecule has 3 aromatic rings. The van der Waals surface area contributed by atoms with E-state index in [0.717, 1.165) is 23.2 Å². The molecule has 0 aliphatic heterocycles. The molecule has 2 aromatic carbocycles. The normalized spacial score (nSPS) is 10.3. The van der Waals surface area contributed by atoms with Crippen LogP contribution in [0.15, 0.2) is 65.5 Å². The predicted octanol–water partition coefficient (Wildman–Crippen LogP) is 3.85. The third kappa shape index (κ3) is 10.5. The molecule has 0 radical (unpaired) electrons. The Morgan fingerprint density at radius 2 is 1.66 bits per heavy atom. The monoisotopic (exact) mass is 478 g/mol. The van der Waals surface area contributed by atoms with Crippen LogP contribution < -0.4 is 5.56 Å². The smallest absolute Gasteiger partial charge is 0.310 e. The Labute approximate surface area is 206 Å². The molecule has 35 heavy (non-hydrogen) atoms. The van der Waals surface area contributed by atoms with Gasteiger partial charge in [0.25, 0.3) is 5.56 Å². The number of rotatable bonds is 10. The van der Waals surface area contributed by atoms with Crippen molar-refractivity contribution in [2.24, 2.45) is 0 Å². The number of carbonyl (C=O) groups is 2. The van der Waals surface area contributed by atoms with Gasteiger partial charge in [0.1, 0.15) is 6.61 Å². The van der Waals surface area contributed by atoms with Crippen LogP contribution in [0.3, 0.4) is 0 Å². The molecule has 0 spiro atoms. The molecule has 7 nitrogen and oxygen atoms in total. The summed E-state index contributed by atoms with van der Waals surface area (Å²) < 4.78 is 11.1. The number of aromatic nitrogens is 2. The number of benzene rings is 2. The van der Waals surface area contributed by atoms with Crippen LogP contribution in [0.4, 0.5) is 0 Å². The van der Waals surface area contributed by atoms with E-state index in [4.69, 9.17) is 9.47 Å². The van der Waals surface area contributed by atoms with Crippen LogP contribution in [0.2, 0.25) is 0 Å². The van der Waals surface area contributed by atoms with Crippen LogP contribution in [0.25, 0.3) is 0 Å². The molecule has 0 saturated heterocycles. The summed E-state index contributed by atoms with van der Waals surface area (Å²) in [4.78, 5) is 34.4. The van der Waals surface area contributed by atoms with E-state index >= 15 is 0 Å². The fourth-order valence-corrected chi connectivity index (χ4v) is 3.44. The van der Waals surface area contributed by atoms with Crippen LogP contribution in [0.5, 0.6) is 0 Å². The van der Waals surface area contributed by atoms with Crippen LogP contribution >= 0.6 is 0 Å². The fourth-order valence-electron chi connectivity index (χ4n) is 3.44. The van der Waals surface area contributed by atoms with Crippen molar-refractivity contribution in [1.29, 1.82) is 0 Å². The number of hydrogen-bond acceptors (Lipinski definition) is 6. The molecule has 7 heteroatoms. The van der Waals surface area contributed by atoms with Crippen molar-refractivity contribution in [3.8, 4) is 0 Å². The van der Waals surface area contributed by atoms with E-state index in [1.54, 1.807) is 20.1 Å². The summed E-state index contributed by atoms with van der Waals surface area (Å²) in [5.74, 6) is -0.0884. The van der Waals surface area contributed by atoms with Gasteiger partial charge in [0, 0.05) is 19.6 Å². The molecule has 0 saturated carbocycles. The van der Waals surface area contributed by atoms with Crippen molar-refractivity contribution >= 4 is 11.8 Å². The van der Waals surface area contributed by atoms with Crippen molar-refractivity contribution in [2.45, 2.75) is 46.6 Å². The molecule has 0 bridgehead atoms. The van der Waals surface area contributed by atoms with Crippen molar-refractivity contribution < 1.29 is 19.1 Å². The molecule has 186 valence electrons. The number of nitrogens with zero attached hydrogens (tertiary/aromatic N) is 2. The average Bonchev–Trinajstić information content (AvgIpc) is 2.81. The lowest BCUT2D eigenvalue weighted by atomic mass is 10.1. The average molecular weight is 479 g/mol. The molecule has 0 aliphatic carbocycles. The van der Waals surface area contributed by atoms with Gasteiger partial charge in [-0.2, -0.15) is 5.10 Å². The summed E-state index contributed by atoms with van der Waals surface area (Å²) in [5.41, 5.74) is 4.90. The highest BCUT2D eigenvalue weighted by Gasteiger charge is 2.06. The first-order chi connectivity index (χ1) is 16.8. The number of carbonyl (C=O) groups excluding carboxylic acids is 2. The lowest BCUT2D eigenvalue weighted by Crippen LogP contribution is -2.23. The zero-order valence-corrected chi connectivity index (χ0v) is 21.0. The van der Waals surface area contributed by atoms with Gasteiger partial charge in [-0.25, -0.2) is 4.68 Å². The summed E-state index contributed by atoms with van der Waals surface area (Å²) in [6.45, 7) is 6.67. The molecule has 0 unspecified atom stereocenters. The van der Waals surface area contributed by atoms with Gasteiger partial charge >= 0.3 is 5.97 Å². The maximum absolute atomic E-state index is 11.7. The van der Waals surface area contributed by atoms with Crippen LogP contribution in [-0.2, 0) is 38.4 Å². The minimum atomic E-state index is -0.250. The SMILES string of the molecule is CCOC(=O)Cc1cccc(Cn2nc(C)ccc2=O)c1.COCC(=O)CCc1cccc(C)c1. The lowest BCUT2D eigenvalue weighted by molar-refractivity contribution is -0.142. The van der Waals surface area contributed by atoms with Gasteiger partial charge < -0.3 is 9.47 Å². The summed E-state index contributed by atoms with van der Waals surface area (Å²) in [6, 6.07) is 19.0. The number of hydrogen-bond donors (Lipinski definition) is 0. The molecule has 0 fully saturated rings. The molecule has 0 N–H and O–H groups in total. The summed E-state index contributed by atoms with van der Waals surface area (Å²) in [5, 5.41) is 4.20. The molecule has 0 aliphatic rings. The van der Waals surface area contributed by atoms with Gasteiger partial charge in [0.05, 0.1) is 25.3 Å². The topological polar surface area (TPSA) is 87.5 Å². The molecule has 1 aromatic heterocycles. The van der Waals surface area contributed by atoms with Crippen molar-refractivity contribution in [3.05, 3.63) is 99.0 Å². The van der Waals surface area contributed by atoms with Gasteiger partial charge in [0.15, 0.2) is 5.78 Å². The number of ether oxygens (including phenoxy) is 2. The van der Waals surface area contributed by atoms with Gasteiger partial charge in [-0.05, 0) is 49.9 Å². The largest absolute Gasteiger partial charge is 0.466 e. The van der Waals surface area contributed by atoms with Gasteiger partial charge in [-0.15, -0.1) is 0 Å². The molecule has 0 amide bonds. The molecule has 1 heterocycles. The number of methoxy groups -OCH3 is 1. The Kier molecular flexibility index (Phi) is 11.6. The second kappa shape index (κ2) is 14.6. The number of esters is 1.